The molecule has 0 bridgehead atoms. The SMILES string of the molecule is CCOc1ccc(CCCCOc2ccc(C)c(C=Cc3cccc(NC(=O)CC(CC)(CC)C(=O)O)c3)n2)cc1. The van der Waals surface area contributed by atoms with Gasteiger partial charge in [-0.25, -0.2) is 4.98 Å². The number of carboxylic acids is 1. The lowest BCUT2D eigenvalue weighted by Crippen LogP contribution is -2.34. The Morgan fingerprint density at radius 1 is 0.951 bits per heavy atom. The number of ether oxygens (including phenoxy) is 2. The summed E-state index contributed by atoms with van der Waals surface area (Å²) in [6, 6.07) is 19.6. The van der Waals surface area contributed by atoms with E-state index >= 15 is 0 Å². The summed E-state index contributed by atoms with van der Waals surface area (Å²) in [5.41, 5.74) is 3.58. The number of nitrogens with zero attached hydrogens (tertiary/aromatic N) is 1. The predicted octanol–water partition coefficient (Wildman–Crippen LogP) is 7.58. The standard InChI is InChI=1S/C34H42N2O5/c1-5-34(6-2,33(38)39)24-31(37)35-28-13-10-12-27(23-28)17-20-30-25(4)14-21-32(36-30)41-22-9-8-11-26-15-18-29(19-16-26)40-7-3/h10,12-21,23H,5-9,11,22,24H2,1-4H3,(H,35,37)(H,38,39). The van der Waals surface area contributed by atoms with Gasteiger partial charge in [0.15, 0.2) is 0 Å². The van der Waals surface area contributed by atoms with Crippen LogP contribution in [-0.4, -0.2) is 35.2 Å². The number of carbonyl (C=O) groups is 2. The number of benzene rings is 2. The molecular weight excluding hydrogens is 516 g/mol. The van der Waals surface area contributed by atoms with E-state index in [0.29, 0.717) is 37.6 Å². The molecule has 218 valence electrons. The highest BCUT2D eigenvalue weighted by atomic mass is 16.5. The van der Waals surface area contributed by atoms with Gasteiger partial charge >= 0.3 is 5.97 Å². The quantitative estimate of drug-likeness (QED) is 0.176. The van der Waals surface area contributed by atoms with Gasteiger partial charge in [0.25, 0.3) is 0 Å². The minimum absolute atomic E-state index is 0.0626. The minimum Gasteiger partial charge on any atom is -0.494 e. The molecule has 7 heteroatoms. The average Bonchev–Trinajstić information content (AvgIpc) is 2.97. The third-order valence-electron chi connectivity index (χ3n) is 7.36. The Hall–Kier alpha value is -4.13. The van der Waals surface area contributed by atoms with Gasteiger partial charge in [-0.15, -0.1) is 0 Å². The number of pyridine rings is 1. The fourth-order valence-corrected chi connectivity index (χ4v) is 4.59. The molecule has 0 fully saturated rings. The molecule has 7 nitrogen and oxygen atoms in total. The fourth-order valence-electron chi connectivity index (χ4n) is 4.59. The molecule has 0 aliphatic heterocycles. The molecule has 3 rings (SSSR count). The van der Waals surface area contributed by atoms with Crippen molar-refractivity contribution in [3.63, 3.8) is 0 Å². The number of unbranched alkanes of at least 4 members (excludes halogenated alkanes) is 1. The van der Waals surface area contributed by atoms with E-state index in [1.165, 1.54) is 5.56 Å². The highest BCUT2D eigenvalue weighted by molar-refractivity contribution is 5.94. The van der Waals surface area contributed by atoms with Crippen molar-refractivity contribution in [3.05, 3.63) is 83.0 Å². The predicted molar refractivity (Wildman–Crippen MR) is 164 cm³/mol. The van der Waals surface area contributed by atoms with Gasteiger partial charge < -0.3 is 19.9 Å². The van der Waals surface area contributed by atoms with Crippen molar-refractivity contribution >= 4 is 29.7 Å². The van der Waals surface area contributed by atoms with Gasteiger partial charge in [-0.1, -0.05) is 50.3 Å². The molecule has 1 amide bonds. The number of carboxylic acid groups (broad SMARTS) is 1. The number of aryl methyl sites for hydroxylation is 2. The van der Waals surface area contributed by atoms with Gasteiger partial charge in [0, 0.05) is 18.2 Å². The molecule has 2 aromatic carbocycles. The minimum atomic E-state index is -1.05. The first-order valence-electron chi connectivity index (χ1n) is 14.4. The molecule has 0 aliphatic carbocycles. The van der Waals surface area contributed by atoms with Crippen LogP contribution in [-0.2, 0) is 16.0 Å². The second-order valence-electron chi connectivity index (χ2n) is 10.2. The molecule has 0 atom stereocenters. The third-order valence-corrected chi connectivity index (χ3v) is 7.36. The van der Waals surface area contributed by atoms with Crippen molar-refractivity contribution < 1.29 is 24.2 Å². The summed E-state index contributed by atoms with van der Waals surface area (Å²) in [4.78, 5) is 29.1. The molecule has 0 saturated carbocycles. The van der Waals surface area contributed by atoms with Gasteiger partial charge in [-0.05, 0) is 93.0 Å². The average molecular weight is 559 g/mol. The van der Waals surface area contributed by atoms with Crippen LogP contribution in [0.4, 0.5) is 5.69 Å². The van der Waals surface area contributed by atoms with Crippen molar-refractivity contribution in [1.82, 2.24) is 4.98 Å². The van der Waals surface area contributed by atoms with Gasteiger partial charge in [0.2, 0.25) is 11.8 Å². The molecule has 1 aromatic heterocycles. The zero-order valence-corrected chi connectivity index (χ0v) is 24.6. The van der Waals surface area contributed by atoms with Crippen LogP contribution < -0.4 is 14.8 Å². The summed E-state index contributed by atoms with van der Waals surface area (Å²) < 4.78 is 11.4. The van der Waals surface area contributed by atoms with Crippen LogP contribution in [0.3, 0.4) is 0 Å². The number of amides is 1. The Labute approximate surface area is 243 Å². The molecule has 2 N–H and O–H groups in total. The molecular formula is C34H42N2O5. The number of nitrogens with one attached hydrogen (secondary N) is 1. The van der Waals surface area contributed by atoms with E-state index in [1.807, 2.05) is 68.5 Å². The maximum absolute atomic E-state index is 12.6. The second-order valence-corrected chi connectivity index (χ2v) is 10.2. The molecule has 1 heterocycles. The smallest absolute Gasteiger partial charge is 0.310 e. The van der Waals surface area contributed by atoms with Crippen LogP contribution in [0.25, 0.3) is 12.2 Å². The van der Waals surface area contributed by atoms with Gasteiger partial charge in [-0.3, -0.25) is 9.59 Å². The Kier molecular flexibility index (Phi) is 11.9. The van der Waals surface area contributed by atoms with Gasteiger partial charge in [-0.2, -0.15) is 0 Å². The Morgan fingerprint density at radius 2 is 1.71 bits per heavy atom. The van der Waals surface area contributed by atoms with E-state index in [4.69, 9.17) is 9.47 Å². The van der Waals surface area contributed by atoms with E-state index in [-0.39, 0.29) is 12.3 Å². The number of hydrogen-bond acceptors (Lipinski definition) is 5. The number of carbonyl (C=O) groups excluding carboxylic acids is 1. The van der Waals surface area contributed by atoms with Crippen molar-refractivity contribution in [2.24, 2.45) is 5.41 Å². The van der Waals surface area contributed by atoms with E-state index in [0.717, 1.165) is 41.8 Å². The molecule has 3 aromatic rings. The lowest BCUT2D eigenvalue weighted by atomic mass is 9.79. The molecule has 0 aliphatic rings. The topological polar surface area (TPSA) is 97.8 Å². The van der Waals surface area contributed by atoms with Crippen LogP contribution in [0.5, 0.6) is 11.6 Å². The van der Waals surface area contributed by atoms with Crippen LogP contribution in [0.2, 0.25) is 0 Å². The Bertz CT molecular complexity index is 1310. The van der Waals surface area contributed by atoms with E-state index in [1.54, 1.807) is 19.9 Å². The van der Waals surface area contributed by atoms with Crippen molar-refractivity contribution in [1.29, 1.82) is 0 Å². The Morgan fingerprint density at radius 3 is 2.39 bits per heavy atom. The maximum atomic E-state index is 12.6. The number of rotatable bonds is 16. The van der Waals surface area contributed by atoms with Gasteiger partial charge in [0.1, 0.15) is 5.75 Å². The maximum Gasteiger partial charge on any atom is 0.310 e. The number of aromatic nitrogens is 1. The summed E-state index contributed by atoms with van der Waals surface area (Å²) in [6.07, 6.45) is 7.53. The van der Waals surface area contributed by atoms with Gasteiger partial charge in [0.05, 0.1) is 24.3 Å². The largest absolute Gasteiger partial charge is 0.494 e. The number of anilines is 1. The van der Waals surface area contributed by atoms with Crippen LogP contribution in [0, 0.1) is 12.3 Å². The third kappa shape index (κ3) is 9.48. The number of hydrogen-bond donors (Lipinski definition) is 2. The summed E-state index contributed by atoms with van der Waals surface area (Å²) in [5.74, 6) is 0.245. The first-order valence-corrected chi connectivity index (χ1v) is 14.4. The summed E-state index contributed by atoms with van der Waals surface area (Å²) >= 11 is 0. The zero-order valence-electron chi connectivity index (χ0n) is 24.6. The van der Waals surface area contributed by atoms with Crippen LogP contribution in [0.15, 0.2) is 60.7 Å². The molecule has 0 radical (unpaired) electrons. The highest BCUT2D eigenvalue weighted by Gasteiger charge is 2.37. The lowest BCUT2D eigenvalue weighted by Gasteiger charge is -2.25. The van der Waals surface area contributed by atoms with E-state index < -0.39 is 11.4 Å². The second kappa shape index (κ2) is 15.6. The molecule has 0 unspecified atom stereocenters. The Balaban J connectivity index is 1.53. The van der Waals surface area contributed by atoms with Crippen molar-refractivity contribution in [2.75, 3.05) is 18.5 Å². The van der Waals surface area contributed by atoms with E-state index in [2.05, 4.69) is 22.4 Å². The lowest BCUT2D eigenvalue weighted by molar-refractivity contribution is -0.151. The fraction of sp³-hybridized carbons (Fsp3) is 0.382. The number of aliphatic carboxylic acids is 1. The molecule has 0 spiro atoms. The summed E-state index contributed by atoms with van der Waals surface area (Å²) in [6.45, 7) is 8.85. The molecule has 41 heavy (non-hydrogen) atoms. The highest BCUT2D eigenvalue weighted by Crippen LogP contribution is 2.31. The summed E-state index contributed by atoms with van der Waals surface area (Å²) in [7, 11) is 0. The zero-order chi connectivity index (χ0) is 29.7. The van der Waals surface area contributed by atoms with Crippen LogP contribution >= 0.6 is 0 Å². The van der Waals surface area contributed by atoms with E-state index in [9.17, 15) is 14.7 Å². The van der Waals surface area contributed by atoms with Crippen molar-refractivity contribution in [3.8, 4) is 11.6 Å². The normalized spacial score (nSPS) is 11.4. The first kappa shape index (κ1) is 31.4. The summed E-state index contributed by atoms with van der Waals surface area (Å²) in [5, 5.41) is 12.5. The molecule has 0 saturated heterocycles. The monoisotopic (exact) mass is 558 g/mol. The first-order chi connectivity index (χ1) is 19.8. The van der Waals surface area contributed by atoms with Crippen molar-refractivity contribution in [2.45, 2.75) is 66.2 Å². The van der Waals surface area contributed by atoms with Crippen LogP contribution in [0.1, 0.15) is 75.3 Å².